The zero-order chi connectivity index (χ0) is 24.5. The van der Waals surface area contributed by atoms with Crippen LogP contribution in [0.5, 0.6) is 0 Å². The minimum Gasteiger partial charge on any atom is -0.330 e. The van der Waals surface area contributed by atoms with Crippen molar-refractivity contribution >= 4 is 11.3 Å². The molecule has 0 saturated carbocycles. The average Bonchev–Trinajstić information content (AvgIpc) is 3.64. The molecule has 4 aromatic carbocycles. The summed E-state index contributed by atoms with van der Waals surface area (Å²) in [5, 5.41) is 0. The summed E-state index contributed by atoms with van der Waals surface area (Å²) in [5.74, 6) is 0.352. The van der Waals surface area contributed by atoms with Crippen LogP contribution in [0.25, 0.3) is 5.57 Å². The number of hydrogen-bond acceptors (Lipinski definition) is 1. The van der Waals surface area contributed by atoms with Crippen LogP contribution in [0.3, 0.4) is 0 Å². The van der Waals surface area contributed by atoms with Crippen LogP contribution in [-0.2, 0) is 0 Å². The molecule has 0 saturated heterocycles. The number of hydrogen-bond donors (Lipinski definition) is 0. The lowest BCUT2D eigenvalue weighted by Crippen LogP contribution is -2.21. The van der Waals surface area contributed by atoms with E-state index in [4.69, 9.17) is 0 Å². The molecule has 2 aliphatic carbocycles. The third kappa shape index (κ3) is 4.45. The first-order valence-corrected chi connectivity index (χ1v) is 12.8. The summed E-state index contributed by atoms with van der Waals surface area (Å²) in [7, 11) is 0. The Kier molecular flexibility index (Phi) is 5.91. The molecule has 0 fully saturated rings. The number of aryl methyl sites for hydroxylation is 2. The molecule has 1 unspecified atom stereocenters. The van der Waals surface area contributed by atoms with Gasteiger partial charge in [-0.15, -0.1) is 0 Å². The molecule has 6 rings (SSSR count). The van der Waals surface area contributed by atoms with Gasteiger partial charge in [-0.25, -0.2) is 0 Å². The van der Waals surface area contributed by atoms with Gasteiger partial charge in [-0.1, -0.05) is 120 Å². The van der Waals surface area contributed by atoms with Gasteiger partial charge in [0, 0.05) is 11.4 Å². The van der Waals surface area contributed by atoms with E-state index in [1.54, 1.807) is 0 Å². The van der Waals surface area contributed by atoms with Gasteiger partial charge in [-0.2, -0.15) is 0 Å². The van der Waals surface area contributed by atoms with E-state index in [0.717, 1.165) is 6.42 Å². The largest absolute Gasteiger partial charge is 0.330 e. The molecule has 1 nitrogen and oxygen atoms in total. The van der Waals surface area contributed by atoms with Crippen LogP contribution in [0.15, 0.2) is 133 Å². The highest BCUT2D eigenvalue weighted by atomic mass is 15.2. The van der Waals surface area contributed by atoms with E-state index in [2.05, 4.69) is 146 Å². The molecule has 36 heavy (non-hydrogen) atoms. The number of rotatable bonds is 6. The first-order chi connectivity index (χ1) is 17.7. The Morgan fingerprint density at radius 2 is 1.25 bits per heavy atom. The Bertz CT molecular complexity index is 1380. The van der Waals surface area contributed by atoms with E-state index < -0.39 is 0 Å². The summed E-state index contributed by atoms with van der Waals surface area (Å²) in [4.78, 5) is 2.49. The van der Waals surface area contributed by atoms with E-state index in [9.17, 15) is 0 Å². The van der Waals surface area contributed by atoms with Crippen LogP contribution in [0.1, 0.15) is 45.8 Å². The first kappa shape index (κ1) is 22.4. The Balaban J connectivity index is 1.31. The van der Waals surface area contributed by atoms with Gasteiger partial charge in [0.15, 0.2) is 0 Å². The van der Waals surface area contributed by atoms with Crippen molar-refractivity contribution in [3.63, 3.8) is 0 Å². The van der Waals surface area contributed by atoms with E-state index in [-0.39, 0.29) is 0 Å². The fourth-order valence-electron chi connectivity index (χ4n) is 5.22. The second-order valence-electron chi connectivity index (χ2n) is 9.94. The highest BCUT2D eigenvalue weighted by Crippen LogP contribution is 2.49. The van der Waals surface area contributed by atoms with Crippen molar-refractivity contribution in [1.29, 1.82) is 0 Å². The molecule has 0 spiro atoms. The minimum atomic E-state index is 0.334. The molecule has 0 heterocycles. The predicted octanol–water partition coefficient (Wildman–Crippen LogP) is 8.80. The molecule has 0 aromatic heterocycles. The zero-order valence-corrected chi connectivity index (χ0v) is 20.9. The van der Waals surface area contributed by atoms with E-state index in [0.29, 0.717) is 12.0 Å². The van der Waals surface area contributed by atoms with Crippen LogP contribution < -0.4 is 4.90 Å². The first-order valence-electron chi connectivity index (χ1n) is 12.8. The van der Waals surface area contributed by atoms with E-state index in [1.807, 2.05) is 0 Å². The van der Waals surface area contributed by atoms with Crippen LogP contribution in [0.2, 0.25) is 0 Å². The molecule has 0 bridgehead atoms. The van der Waals surface area contributed by atoms with Crippen molar-refractivity contribution < 1.29 is 0 Å². The van der Waals surface area contributed by atoms with Crippen LogP contribution in [0, 0.1) is 19.8 Å². The van der Waals surface area contributed by atoms with Crippen molar-refractivity contribution in [2.75, 3.05) is 4.90 Å². The van der Waals surface area contributed by atoms with Crippen molar-refractivity contribution in [3.05, 3.63) is 167 Å². The number of fused-ring (bicyclic) bond motifs is 1. The Hall–Kier alpha value is -4.10. The minimum absolute atomic E-state index is 0.334. The molecular formula is C35H31N. The Morgan fingerprint density at radius 3 is 1.78 bits per heavy atom. The second-order valence-corrected chi connectivity index (χ2v) is 9.94. The molecule has 0 radical (unpaired) electrons. The number of nitrogens with zero attached hydrogens (tertiary/aromatic N) is 1. The molecule has 1 heteroatoms. The third-order valence-corrected chi connectivity index (χ3v) is 7.29. The summed E-state index contributed by atoms with van der Waals surface area (Å²) in [6, 6.07) is 37.7. The smallest absolute Gasteiger partial charge is 0.0851 e. The number of allylic oxidation sites excluding steroid dienone is 4. The quantitative estimate of drug-likeness (QED) is 0.275. The molecule has 1 atom stereocenters. The lowest BCUT2D eigenvalue weighted by atomic mass is 9.90. The van der Waals surface area contributed by atoms with Gasteiger partial charge in [0.1, 0.15) is 0 Å². The molecule has 0 aliphatic heterocycles. The molecule has 0 amide bonds. The summed E-state index contributed by atoms with van der Waals surface area (Å²) in [6.45, 7) is 4.29. The van der Waals surface area contributed by atoms with Gasteiger partial charge in [-0.05, 0) is 72.2 Å². The molecule has 0 N–H and O–H groups in total. The second kappa shape index (κ2) is 9.51. The summed E-state index contributed by atoms with van der Waals surface area (Å²) < 4.78 is 0. The SMILES string of the molecule is Cc1ccc(C(=CC2C=CC(N(c3ccccc3)C3c4ccccc43)=CC2)c2ccc(C)cc2)cc1. The fraction of sp³-hybridized carbons (Fsp3) is 0.143. The normalized spacial score (nSPS) is 16.2. The van der Waals surface area contributed by atoms with E-state index >= 15 is 0 Å². The Labute approximate surface area is 214 Å². The monoisotopic (exact) mass is 465 g/mol. The van der Waals surface area contributed by atoms with Crippen LogP contribution >= 0.6 is 0 Å². The standard InChI is InChI=1S/C35H31N/c1-25-12-18-28(19-13-25)34(29-20-14-26(2)15-21-29)24-27-16-22-31(23-17-27)36(30-8-4-3-5-9-30)35-32-10-6-7-11-33(32)35/h3-16,18-24,27,35H,17H2,1-2H3. The maximum Gasteiger partial charge on any atom is 0.0851 e. The summed E-state index contributed by atoms with van der Waals surface area (Å²) in [6.07, 6.45) is 10.5. The lowest BCUT2D eigenvalue weighted by Gasteiger charge is -2.29. The molecular weight excluding hydrogens is 434 g/mol. The maximum absolute atomic E-state index is 2.49. The zero-order valence-electron chi connectivity index (χ0n) is 20.9. The average molecular weight is 466 g/mol. The fourth-order valence-corrected chi connectivity index (χ4v) is 5.22. The van der Waals surface area contributed by atoms with Gasteiger partial charge >= 0.3 is 0 Å². The van der Waals surface area contributed by atoms with Gasteiger partial charge in [0.05, 0.1) is 6.04 Å². The highest BCUT2D eigenvalue weighted by Gasteiger charge is 2.38. The molecule has 176 valence electrons. The summed E-state index contributed by atoms with van der Waals surface area (Å²) >= 11 is 0. The van der Waals surface area contributed by atoms with Gasteiger partial charge in [0.25, 0.3) is 0 Å². The van der Waals surface area contributed by atoms with Gasteiger partial charge < -0.3 is 4.90 Å². The number of anilines is 1. The van der Waals surface area contributed by atoms with Crippen LogP contribution in [-0.4, -0.2) is 0 Å². The number of para-hydroxylation sites is 1. The van der Waals surface area contributed by atoms with Gasteiger partial charge in [0.2, 0.25) is 0 Å². The highest BCUT2D eigenvalue weighted by molar-refractivity contribution is 5.80. The van der Waals surface area contributed by atoms with Gasteiger partial charge in [-0.3, -0.25) is 0 Å². The Morgan fingerprint density at radius 1 is 0.694 bits per heavy atom. The van der Waals surface area contributed by atoms with Crippen LogP contribution in [0.4, 0.5) is 5.69 Å². The number of benzene rings is 4. The molecule has 2 aliphatic rings. The van der Waals surface area contributed by atoms with E-state index in [1.165, 1.54) is 50.3 Å². The third-order valence-electron chi connectivity index (χ3n) is 7.29. The summed E-state index contributed by atoms with van der Waals surface area (Å²) in [5.41, 5.74) is 11.8. The van der Waals surface area contributed by atoms with Crippen molar-refractivity contribution in [1.82, 2.24) is 0 Å². The topological polar surface area (TPSA) is 3.24 Å². The predicted molar refractivity (Wildman–Crippen MR) is 152 cm³/mol. The van der Waals surface area contributed by atoms with Crippen molar-refractivity contribution in [2.24, 2.45) is 5.92 Å². The maximum atomic E-state index is 2.49. The molecule has 4 aromatic rings. The van der Waals surface area contributed by atoms with Crippen molar-refractivity contribution in [3.8, 4) is 0 Å². The van der Waals surface area contributed by atoms with Crippen molar-refractivity contribution in [2.45, 2.75) is 26.3 Å². The lowest BCUT2D eigenvalue weighted by molar-refractivity contribution is 0.794.